The number of carbonyl (C=O) groups excluding carboxylic acids is 1. The van der Waals surface area contributed by atoms with E-state index in [-0.39, 0.29) is 11.5 Å². The highest BCUT2D eigenvalue weighted by atomic mass is 19.4. The van der Waals surface area contributed by atoms with Crippen molar-refractivity contribution >= 4 is 28.3 Å². The molecule has 0 fully saturated rings. The second-order valence-corrected chi connectivity index (χ2v) is 7.99. The molecule has 11 heteroatoms. The van der Waals surface area contributed by atoms with Crippen LogP contribution < -0.4 is 5.32 Å². The number of rotatable bonds is 4. The summed E-state index contributed by atoms with van der Waals surface area (Å²) in [5.74, 6) is -0.870. The average Bonchev–Trinajstić information content (AvgIpc) is 3.46. The lowest BCUT2D eigenvalue weighted by molar-refractivity contribution is -0.141. The molecule has 0 radical (unpaired) electrons. The molecule has 2 aromatic carbocycles. The number of benzene rings is 2. The van der Waals surface area contributed by atoms with Gasteiger partial charge >= 0.3 is 6.18 Å². The zero-order chi connectivity index (χ0) is 24.7. The van der Waals surface area contributed by atoms with Crippen LogP contribution in [-0.2, 0) is 6.18 Å². The molecule has 0 spiro atoms. The van der Waals surface area contributed by atoms with E-state index in [2.05, 4.69) is 20.4 Å². The van der Waals surface area contributed by atoms with E-state index in [9.17, 15) is 22.4 Å². The molecule has 0 saturated carbocycles. The van der Waals surface area contributed by atoms with Crippen molar-refractivity contribution in [2.45, 2.75) is 6.18 Å². The van der Waals surface area contributed by atoms with Crippen molar-refractivity contribution in [1.82, 2.24) is 19.7 Å². The van der Waals surface area contributed by atoms with Crippen LogP contribution in [0.2, 0.25) is 0 Å². The van der Waals surface area contributed by atoms with E-state index in [4.69, 9.17) is 0 Å². The van der Waals surface area contributed by atoms with Gasteiger partial charge in [0.2, 0.25) is 0 Å². The number of halogens is 4. The Hall–Kier alpha value is -4.28. The molecule has 0 unspecified atom stereocenters. The summed E-state index contributed by atoms with van der Waals surface area (Å²) in [5.41, 5.74) is -1.35. The Kier molecular flexibility index (Phi) is 5.46. The molecule has 7 nitrogen and oxygen atoms in total. The highest BCUT2D eigenvalue weighted by Gasteiger charge is 2.36. The topological polar surface area (TPSA) is 75.4 Å². The maximum atomic E-state index is 14.9. The van der Waals surface area contributed by atoms with Gasteiger partial charge in [0.25, 0.3) is 5.91 Å². The van der Waals surface area contributed by atoms with Crippen LogP contribution in [0.25, 0.3) is 16.5 Å². The standard InChI is InChI=1S/C24H18F4N6O/c1-33-9-8-29-22(33)16-6-7-21(30-13-16)31-23(35)19-12-20(24(26,27)28)32-34(19)18-11-15-5-3-2-4-14(15)10-17(18)25/h2-7,10-13H,8-9H2,1H3,(H,30,31,35). The number of amides is 1. The highest BCUT2D eigenvalue weighted by molar-refractivity contribution is 6.04. The summed E-state index contributed by atoms with van der Waals surface area (Å²) in [5, 5.41) is 7.11. The first-order valence-electron chi connectivity index (χ1n) is 10.6. The Bertz CT molecular complexity index is 1460. The first-order chi connectivity index (χ1) is 16.7. The summed E-state index contributed by atoms with van der Waals surface area (Å²) >= 11 is 0. The highest BCUT2D eigenvalue weighted by Crippen LogP contribution is 2.31. The zero-order valence-electron chi connectivity index (χ0n) is 18.3. The molecule has 1 N–H and O–H groups in total. The summed E-state index contributed by atoms with van der Waals surface area (Å²) in [7, 11) is 1.90. The number of likely N-dealkylation sites (N-methyl/N-ethyl adjacent to an activating group) is 1. The van der Waals surface area contributed by atoms with E-state index in [0.717, 1.165) is 17.9 Å². The lowest BCUT2D eigenvalue weighted by Crippen LogP contribution is -2.23. The minimum Gasteiger partial charge on any atom is -0.358 e. The molecule has 1 amide bonds. The fourth-order valence-corrected chi connectivity index (χ4v) is 3.85. The number of nitrogens with zero attached hydrogens (tertiary/aromatic N) is 5. The van der Waals surface area contributed by atoms with E-state index in [1.165, 1.54) is 24.4 Å². The van der Waals surface area contributed by atoms with Gasteiger partial charge in [0, 0.05) is 31.4 Å². The summed E-state index contributed by atoms with van der Waals surface area (Å²) in [4.78, 5) is 23.5. The molecule has 2 aromatic heterocycles. The molecular formula is C24H18F4N6O. The lowest BCUT2D eigenvalue weighted by Gasteiger charge is -2.14. The lowest BCUT2D eigenvalue weighted by atomic mass is 10.1. The van der Waals surface area contributed by atoms with Crippen molar-refractivity contribution in [3.63, 3.8) is 0 Å². The number of fused-ring (bicyclic) bond motifs is 1. The van der Waals surface area contributed by atoms with Crippen LogP contribution in [0, 0.1) is 5.82 Å². The third-order valence-electron chi connectivity index (χ3n) is 5.60. The van der Waals surface area contributed by atoms with Crippen LogP contribution >= 0.6 is 0 Å². The van der Waals surface area contributed by atoms with Gasteiger partial charge in [-0.25, -0.2) is 14.1 Å². The number of pyridine rings is 1. The number of amidine groups is 1. The largest absolute Gasteiger partial charge is 0.435 e. The van der Waals surface area contributed by atoms with Crippen LogP contribution in [0.15, 0.2) is 65.8 Å². The van der Waals surface area contributed by atoms with Crippen LogP contribution in [0.3, 0.4) is 0 Å². The summed E-state index contributed by atoms with van der Waals surface area (Å²) in [6.45, 7) is 1.45. The smallest absolute Gasteiger partial charge is 0.358 e. The first kappa shape index (κ1) is 22.5. The molecule has 0 atom stereocenters. The number of aromatic nitrogens is 3. The van der Waals surface area contributed by atoms with Gasteiger partial charge in [0.15, 0.2) is 5.69 Å². The van der Waals surface area contributed by atoms with Crippen LogP contribution in [0.4, 0.5) is 23.4 Å². The molecule has 0 bridgehead atoms. The predicted octanol–water partition coefficient (Wildman–Crippen LogP) is 4.52. The Morgan fingerprint density at radius 3 is 2.43 bits per heavy atom. The van der Waals surface area contributed by atoms with Gasteiger partial charge < -0.3 is 10.2 Å². The van der Waals surface area contributed by atoms with Crippen molar-refractivity contribution in [3.8, 4) is 5.69 Å². The molecule has 4 aromatic rings. The zero-order valence-corrected chi connectivity index (χ0v) is 18.3. The maximum absolute atomic E-state index is 14.9. The first-order valence-corrected chi connectivity index (χ1v) is 10.6. The number of aliphatic imine (C=N–C) groups is 1. The number of hydrogen-bond acceptors (Lipinski definition) is 5. The van der Waals surface area contributed by atoms with Gasteiger partial charge in [-0.15, -0.1) is 0 Å². The van der Waals surface area contributed by atoms with Crippen LogP contribution in [0.5, 0.6) is 0 Å². The SMILES string of the molecule is CN1CCN=C1c1ccc(NC(=O)c2cc(C(F)(F)F)nn2-c2cc3ccccc3cc2F)nc1. The molecule has 35 heavy (non-hydrogen) atoms. The molecule has 1 aliphatic rings. The number of alkyl halides is 3. The molecule has 5 rings (SSSR count). The third kappa shape index (κ3) is 4.32. The fraction of sp³-hybridized carbons (Fsp3) is 0.167. The minimum atomic E-state index is -4.83. The molecule has 0 saturated heterocycles. The molecule has 3 heterocycles. The molecule has 0 aliphatic carbocycles. The van der Waals surface area contributed by atoms with Gasteiger partial charge in [-0.3, -0.25) is 9.79 Å². The average molecular weight is 482 g/mol. The second kappa shape index (κ2) is 8.49. The summed E-state index contributed by atoms with van der Waals surface area (Å²) in [6, 6.07) is 13.1. The Morgan fingerprint density at radius 1 is 1.06 bits per heavy atom. The van der Waals surface area contributed by atoms with Gasteiger partial charge in [-0.1, -0.05) is 24.3 Å². The Morgan fingerprint density at radius 2 is 1.80 bits per heavy atom. The molecule has 178 valence electrons. The van der Waals surface area contributed by atoms with Crippen LogP contribution in [-0.4, -0.2) is 51.5 Å². The van der Waals surface area contributed by atoms with Gasteiger partial charge in [0.1, 0.15) is 28.9 Å². The normalized spacial score (nSPS) is 13.9. The number of nitrogens with one attached hydrogen (secondary N) is 1. The van der Waals surface area contributed by atoms with E-state index < -0.39 is 29.3 Å². The van der Waals surface area contributed by atoms with Gasteiger partial charge in [-0.05, 0) is 35.0 Å². The van der Waals surface area contributed by atoms with Crippen LogP contribution in [0.1, 0.15) is 21.7 Å². The Labute approximate surface area is 196 Å². The van der Waals surface area contributed by atoms with Crippen molar-refractivity contribution < 1.29 is 22.4 Å². The summed E-state index contributed by atoms with van der Waals surface area (Å²) < 4.78 is 55.9. The Balaban J connectivity index is 1.50. The fourth-order valence-electron chi connectivity index (χ4n) is 3.85. The van der Waals surface area contributed by atoms with E-state index in [0.29, 0.717) is 28.1 Å². The van der Waals surface area contributed by atoms with Crippen molar-refractivity contribution in [3.05, 3.63) is 83.6 Å². The van der Waals surface area contributed by atoms with E-state index in [1.807, 2.05) is 11.9 Å². The monoisotopic (exact) mass is 482 g/mol. The van der Waals surface area contributed by atoms with Gasteiger partial charge in [-0.2, -0.15) is 18.3 Å². The van der Waals surface area contributed by atoms with E-state index in [1.54, 1.807) is 30.3 Å². The number of anilines is 1. The quantitative estimate of drug-likeness (QED) is 0.434. The van der Waals surface area contributed by atoms with Gasteiger partial charge in [0.05, 0.1) is 6.54 Å². The third-order valence-corrected chi connectivity index (χ3v) is 5.60. The van der Waals surface area contributed by atoms with Crippen molar-refractivity contribution in [2.24, 2.45) is 4.99 Å². The number of hydrogen-bond donors (Lipinski definition) is 1. The molecule has 1 aliphatic heterocycles. The second-order valence-electron chi connectivity index (χ2n) is 7.99. The van der Waals surface area contributed by atoms with Crippen molar-refractivity contribution in [1.29, 1.82) is 0 Å². The van der Waals surface area contributed by atoms with Crippen molar-refractivity contribution in [2.75, 3.05) is 25.5 Å². The number of carbonyl (C=O) groups is 1. The molecular weight excluding hydrogens is 464 g/mol. The van der Waals surface area contributed by atoms with E-state index >= 15 is 0 Å². The predicted molar refractivity (Wildman–Crippen MR) is 122 cm³/mol. The maximum Gasteiger partial charge on any atom is 0.435 e. The minimum absolute atomic E-state index is 0.111. The summed E-state index contributed by atoms with van der Waals surface area (Å²) in [6.07, 6.45) is -3.32.